The van der Waals surface area contributed by atoms with Gasteiger partial charge in [-0.25, -0.2) is 4.79 Å². The van der Waals surface area contributed by atoms with Crippen molar-refractivity contribution in [2.45, 2.75) is 58.2 Å². The van der Waals surface area contributed by atoms with Crippen molar-refractivity contribution in [1.82, 2.24) is 29.9 Å². The Balaban J connectivity index is 1.40. The monoisotopic (exact) mass is 332 g/mol. The van der Waals surface area contributed by atoms with Crippen molar-refractivity contribution < 1.29 is 4.79 Å². The molecule has 1 saturated carbocycles. The second kappa shape index (κ2) is 6.35. The summed E-state index contributed by atoms with van der Waals surface area (Å²) < 4.78 is 2.19. The molecule has 0 radical (unpaired) electrons. The molecule has 7 heteroatoms. The standard InChI is InChI=1S/C17H28N6O/c1-12(2)15(16-20-19-14-4-3-7-23(14)16)18-17(24)22-10-8-21(9-11-22)13-5-6-13/h12-13,15H,3-11H2,1-2H3,(H,18,24). The minimum Gasteiger partial charge on any atom is -0.328 e. The Morgan fingerprint density at radius 3 is 2.54 bits per heavy atom. The number of hydrogen-bond donors (Lipinski definition) is 1. The first-order valence-electron chi connectivity index (χ1n) is 9.35. The van der Waals surface area contributed by atoms with Crippen molar-refractivity contribution >= 4 is 6.03 Å². The van der Waals surface area contributed by atoms with Gasteiger partial charge in [0.2, 0.25) is 0 Å². The number of nitrogens with one attached hydrogen (secondary N) is 1. The summed E-state index contributed by atoms with van der Waals surface area (Å²) in [6, 6.07) is 0.759. The summed E-state index contributed by atoms with van der Waals surface area (Å²) in [5, 5.41) is 11.9. The zero-order valence-electron chi connectivity index (χ0n) is 14.7. The average Bonchev–Trinajstić information content (AvgIpc) is 3.19. The highest BCUT2D eigenvalue weighted by Gasteiger charge is 2.34. The average molecular weight is 332 g/mol. The molecule has 24 heavy (non-hydrogen) atoms. The predicted octanol–water partition coefficient (Wildman–Crippen LogP) is 1.41. The van der Waals surface area contributed by atoms with Crippen LogP contribution in [-0.4, -0.2) is 62.8 Å². The number of urea groups is 1. The lowest BCUT2D eigenvalue weighted by Gasteiger charge is -2.36. The van der Waals surface area contributed by atoms with Crippen LogP contribution >= 0.6 is 0 Å². The molecule has 1 aromatic heterocycles. The Morgan fingerprint density at radius 1 is 1.12 bits per heavy atom. The summed E-state index contributed by atoms with van der Waals surface area (Å²) in [5.41, 5.74) is 0. The van der Waals surface area contributed by atoms with Gasteiger partial charge in [0.15, 0.2) is 5.82 Å². The maximum absolute atomic E-state index is 12.7. The fourth-order valence-corrected chi connectivity index (χ4v) is 3.89. The van der Waals surface area contributed by atoms with Crippen LogP contribution in [0.4, 0.5) is 4.79 Å². The molecule has 4 rings (SSSR count). The first kappa shape index (κ1) is 15.9. The van der Waals surface area contributed by atoms with Crippen molar-refractivity contribution in [3.05, 3.63) is 11.6 Å². The minimum absolute atomic E-state index is 0.0412. The number of amides is 2. The van der Waals surface area contributed by atoms with Gasteiger partial charge in [0.25, 0.3) is 0 Å². The lowest BCUT2D eigenvalue weighted by molar-refractivity contribution is 0.130. The van der Waals surface area contributed by atoms with Gasteiger partial charge in [-0.05, 0) is 25.2 Å². The Morgan fingerprint density at radius 2 is 1.88 bits per heavy atom. The van der Waals surface area contributed by atoms with Gasteiger partial charge in [0.05, 0.1) is 6.04 Å². The summed E-state index contributed by atoms with van der Waals surface area (Å²) >= 11 is 0. The summed E-state index contributed by atoms with van der Waals surface area (Å²) in [6.45, 7) is 8.89. The van der Waals surface area contributed by atoms with Crippen molar-refractivity contribution in [3.63, 3.8) is 0 Å². The maximum Gasteiger partial charge on any atom is 0.318 e. The molecular weight excluding hydrogens is 304 g/mol. The molecule has 1 aliphatic carbocycles. The zero-order valence-corrected chi connectivity index (χ0v) is 14.7. The third kappa shape index (κ3) is 3.01. The van der Waals surface area contributed by atoms with Crippen LogP contribution in [0.15, 0.2) is 0 Å². The molecule has 0 spiro atoms. The van der Waals surface area contributed by atoms with E-state index in [1.807, 2.05) is 4.90 Å². The van der Waals surface area contributed by atoms with Crippen molar-refractivity contribution in [2.75, 3.05) is 26.2 Å². The fraction of sp³-hybridized carbons (Fsp3) is 0.824. The van der Waals surface area contributed by atoms with E-state index in [4.69, 9.17) is 0 Å². The SMILES string of the molecule is CC(C)C(NC(=O)N1CCN(C2CC2)CC1)c1nnc2n1CCC2. The van der Waals surface area contributed by atoms with E-state index >= 15 is 0 Å². The number of carbonyl (C=O) groups is 1. The summed E-state index contributed by atoms with van der Waals surface area (Å²) in [5.74, 6) is 2.26. The maximum atomic E-state index is 12.7. The highest BCUT2D eigenvalue weighted by atomic mass is 16.2. The molecular formula is C17H28N6O. The molecule has 1 N–H and O–H groups in total. The van der Waals surface area contributed by atoms with E-state index in [9.17, 15) is 4.79 Å². The molecule has 3 heterocycles. The molecule has 0 aromatic carbocycles. The van der Waals surface area contributed by atoms with E-state index in [0.717, 1.165) is 63.3 Å². The number of aryl methyl sites for hydroxylation is 1. The predicted molar refractivity (Wildman–Crippen MR) is 90.6 cm³/mol. The highest BCUT2D eigenvalue weighted by Crippen LogP contribution is 2.28. The van der Waals surface area contributed by atoms with Gasteiger partial charge in [0.1, 0.15) is 5.82 Å². The van der Waals surface area contributed by atoms with Crippen LogP contribution < -0.4 is 5.32 Å². The number of piperazine rings is 1. The lowest BCUT2D eigenvalue weighted by Crippen LogP contribution is -2.53. The number of aromatic nitrogens is 3. The smallest absolute Gasteiger partial charge is 0.318 e. The zero-order chi connectivity index (χ0) is 16.7. The second-order valence-electron chi connectivity index (χ2n) is 7.65. The topological polar surface area (TPSA) is 66.3 Å². The quantitative estimate of drug-likeness (QED) is 0.905. The van der Waals surface area contributed by atoms with E-state index in [2.05, 4.69) is 38.8 Å². The van der Waals surface area contributed by atoms with Crippen LogP contribution in [0, 0.1) is 5.92 Å². The van der Waals surface area contributed by atoms with Gasteiger partial charge in [-0.2, -0.15) is 0 Å². The van der Waals surface area contributed by atoms with Crippen molar-refractivity contribution in [1.29, 1.82) is 0 Å². The molecule has 7 nitrogen and oxygen atoms in total. The van der Waals surface area contributed by atoms with Crippen LogP contribution in [-0.2, 0) is 13.0 Å². The van der Waals surface area contributed by atoms with Gasteiger partial charge in [-0.15, -0.1) is 10.2 Å². The first-order valence-corrected chi connectivity index (χ1v) is 9.35. The van der Waals surface area contributed by atoms with Gasteiger partial charge in [-0.1, -0.05) is 13.8 Å². The van der Waals surface area contributed by atoms with Crippen molar-refractivity contribution in [2.24, 2.45) is 5.92 Å². The van der Waals surface area contributed by atoms with E-state index in [1.54, 1.807) is 0 Å². The molecule has 3 aliphatic rings. The van der Waals surface area contributed by atoms with Gasteiger partial charge in [-0.3, -0.25) is 4.90 Å². The molecule has 132 valence electrons. The third-order valence-electron chi connectivity index (χ3n) is 5.53. The Kier molecular flexibility index (Phi) is 4.20. The van der Waals surface area contributed by atoms with Crippen LogP contribution in [0.25, 0.3) is 0 Å². The Labute approximate surface area is 143 Å². The normalized spacial score (nSPS) is 22.7. The van der Waals surface area contributed by atoms with Crippen LogP contribution in [0.1, 0.15) is 50.8 Å². The van der Waals surface area contributed by atoms with E-state index < -0.39 is 0 Å². The summed E-state index contributed by atoms with van der Waals surface area (Å²) in [6.07, 6.45) is 4.79. The van der Waals surface area contributed by atoms with Gasteiger partial charge >= 0.3 is 6.03 Å². The van der Waals surface area contributed by atoms with Crippen molar-refractivity contribution in [3.8, 4) is 0 Å². The highest BCUT2D eigenvalue weighted by molar-refractivity contribution is 5.74. The number of fused-ring (bicyclic) bond motifs is 1. The van der Waals surface area contributed by atoms with E-state index in [0.29, 0.717) is 0 Å². The first-order chi connectivity index (χ1) is 11.6. The largest absolute Gasteiger partial charge is 0.328 e. The van der Waals surface area contributed by atoms with Crippen LogP contribution in [0.2, 0.25) is 0 Å². The van der Waals surface area contributed by atoms with E-state index in [-0.39, 0.29) is 18.0 Å². The molecule has 1 aromatic rings. The second-order valence-corrected chi connectivity index (χ2v) is 7.65. The molecule has 2 amide bonds. The molecule has 2 fully saturated rings. The number of nitrogens with zero attached hydrogens (tertiary/aromatic N) is 5. The van der Waals surface area contributed by atoms with E-state index in [1.165, 1.54) is 12.8 Å². The number of hydrogen-bond acceptors (Lipinski definition) is 4. The summed E-state index contributed by atoms with van der Waals surface area (Å²) in [4.78, 5) is 17.2. The Bertz CT molecular complexity index is 600. The third-order valence-corrected chi connectivity index (χ3v) is 5.53. The minimum atomic E-state index is -0.0710. The molecule has 2 aliphatic heterocycles. The number of rotatable bonds is 4. The molecule has 1 saturated heterocycles. The van der Waals surface area contributed by atoms with Gasteiger partial charge < -0.3 is 14.8 Å². The molecule has 0 bridgehead atoms. The van der Waals surface area contributed by atoms with Crippen LogP contribution in [0.3, 0.4) is 0 Å². The van der Waals surface area contributed by atoms with Crippen LogP contribution in [0.5, 0.6) is 0 Å². The molecule has 1 unspecified atom stereocenters. The lowest BCUT2D eigenvalue weighted by atomic mass is 10.0. The summed E-state index contributed by atoms with van der Waals surface area (Å²) in [7, 11) is 0. The van der Waals surface area contributed by atoms with Gasteiger partial charge in [0, 0.05) is 45.2 Å². The number of carbonyl (C=O) groups excluding carboxylic acids is 1. The fourth-order valence-electron chi connectivity index (χ4n) is 3.89. The Hall–Kier alpha value is -1.63. The molecule has 1 atom stereocenters.